The lowest BCUT2D eigenvalue weighted by Crippen LogP contribution is -2.38. The number of azo groups is 1. The Morgan fingerprint density at radius 3 is 2.67 bits per heavy atom. The minimum Gasteiger partial charge on any atom is -0.309 e. The summed E-state index contributed by atoms with van der Waals surface area (Å²) in [5.74, 6) is 4.26. The van der Waals surface area contributed by atoms with E-state index >= 15 is 0 Å². The van der Waals surface area contributed by atoms with Gasteiger partial charge >= 0.3 is 12.2 Å². The Kier molecular flexibility index (Phi) is 6.86. The van der Waals surface area contributed by atoms with Crippen molar-refractivity contribution < 1.29 is 22.8 Å². The van der Waals surface area contributed by atoms with E-state index in [4.69, 9.17) is 5.84 Å². The third kappa shape index (κ3) is 5.05. The van der Waals surface area contributed by atoms with Crippen molar-refractivity contribution in [3.05, 3.63) is 29.7 Å². The third-order valence-corrected chi connectivity index (χ3v) is 6.41. The van der Waals surface area contributed by atoms with Crippen molar-refractivity contribution in [1.82, 2.24) is 14.9 Å². The second-order valence-corrected chi connectivity index (χ2v) is 8.83. The largest absolute Gasteiger partial charge is 0.399 e. The van der Waals surface area contributed by atoms with Gasteiger partial charge in [-0.2, -0.15) is 13.2 Å². The summed E-state index contributed by atoms with van der Waals surface area (Å²) in [6.45, 7) is 4.12. The number of rotatable bonds is 4. The number of nitrogens with zero attached hydrogens (tertiary/aromatic N) is 7. The predicted molar refractivity (Wildman–Crippen MR) is 113 cm³/mol. The molecule has 1 fully saturated rings. The molecule has 3 amide bonds. The van der Waals surface area contributed by atoms with Gasteiger partial charge in [0.25, 0.3) is 5.91 Å². The van der Waals surface area contributed by atoms with Crippen LogP contribution in [0.2, 0.25) is 0 Å². The number of carbonyl (C=O) groups is 2. The van der Waals surface area contributed by atoms with E-state index in [0.717, 1.165) is 25.2 Å². The average molecular weight is 482 g/mol. The van der Waals surface area contributed by atoms with Crippen LogP contribution in [0, 0.1) is 6.92 Å². The van der Waals surface area contributed by atoms with Gasteiger partial charge in [0.15, 0.2) is 0 Å². The lowest BCUT2D eigenvalue weighted by atomic mass is 9.87. The summed E-state index contributed by atoms with van der Waals surface area (Å²) in [7, 11) is 0. The highest BCUT2D eigenvalue weighted by Crippen LogP contribution is 2.41. The molecule has 14 heteroatoms. The van der Waals surface area contributed by atoms with Crippen LogP contribution in [0.4, 0.5) is 23.1 Å². The lowest BCUT2D eigenvalue weighted by Gasteiger charge is -2.27. The molecule has 33 heavy (non-hydrogen) atoms. The molecule has 2 aromatic heterocycles. The maximum atomic E-state index is 13.4. The molecule has 1 atom stereocenters. The Bertz CT molecular complexity index is 1110. The molecule has 0 aromatic carbocycles. The van der Waals surface area contributed by atoms with Crippen LogP contribution >= 0.6 is 11.3 Å². The highest BCUT2D eigenvalue weighted by molar-refractivity contribution is 7.18. The van der Waals surface area contributed by atoms with Gasteiger partial charge in [0, 0.05) is 12.7 Å². The van der Waals surface area contributed by atoms with Crippen molar-refractivity contribution in [2.45, 2.75) is 51.2 Å². The number of hydrogen-bond acceptors (Lipinski definition) is 7. The molecular formula is C19H21F3N8O2S. The maximum Gasteiger partial charge on any atom is 0.399 e. The minimum absolute atomic E-state index is 0.127. The Morgan fingerprint density at radius 1 is 1.27 bits per heavy atom. The number of amides is 3. The van der Waals surface area contributed by atoms with E-state index in [1.807, 2.05) is 0 Å². The van der Waals surface area contributed by atoms with E-state index in [0.29, 0.717) is 35.5 Å². The molecule has 2 N–H and O–H groups in total. The molecule has 0 saturated carbocycles. The number of aryl methyl sites for hydroxylation is 1. The van der Waals surface area contributed by atoms with Gasteiger partial charge in [-0.05, 0) is 51.3 Å². The number of nitrogens with two attached hydrogens (primary N) is 1. The minimum atomic E-state index is -4.47. The molecule has 1 saturated heterocycles. The van der Waals surface area contributed by atoms with Crippen LogP contribution in [0.25, 0.3) is 10.4 Å². The van der Waals surface area contributed by atoms with Crippen LogP contribution in [0.3, 0.4) is 0 Å². The molecule has 2 aromatic rings. The van der Waals surface area contributed by atoms with Crippen LogP contribution in [-0.2, 0) is 10.2 Å². The molecular weight excluding hydrogens is 461 g/mol. The molecule has 10 nitrogen and oxygen atoms in total. The summed E-state index contributed by atoms with van der Waals surface area (Å²) >= 11 is 1.07. The SMILES string of the molecule is Cc1nc(N=NC(=O)N2CCC[C@H]2C(=O)N=NN)sc1-c1ccnc(C(C)(C)C(F)(F)F)c1. The number of thiazole rings is 1. The second-order valence-electron chi connectivity index (χ2n) is 7.85. The molecule has 3 heterocycles. The first-order valence-electron chi connectivity index (χ1n) is 9.84. The Morgan fingerprint density at radius 2 is 2.00 bits per heavy atom. The number of aromatic nitrogens is 2. The topological polar surface area (TPSA) is 139 Å². The quantitative estimate of drug-likeness (QED) is 0.376. The Balaban J connectivity index is 1.81. The smallest absolute Gasteiger partial charge is 0.309 e. The summed E-state index contributed by atoms with van der Waals surface area (Å²) in [5.41, 5.74) is -1.25. The molecule has 1 aliphatic rings. The summed E-state index contributed by atoms with van der Waals surface area (Å²) < 4.78 is 40.2. The van der Waals surface area contributed by atoms with Crippen LogP contribution in [0.15, 0.2) is 38.9 Å². The average Bonchev–Trinajstić information content (AvgIpc) is 3.38. The number of pyridine rings is 1. The van der Waals surface area contributed by atoms with Gasteiger partial charge in [-0.3, -0.25) is 9.78 Å². The number of halogens is 3. The van der Waals surface area contributed by atoms with Crippen molar-refractivity contribution >= 4 is 28.4 Å². The van der Waals surface area contributed by atoms with Crippen molar-refractivity contribution in [3.63, 3.8) is 0 Å². The Labute approximate surface area is 190 Å². The van der Waals surface area contributed by atoms with Crippen LogP contribution in [0.5, 0.6) is 0 Å². The van der Waals surface area contributed by atoms with Gasteiger partial charge in [0.2, 0.25) is 5.13 Å². The van der Waals surface area contributed by atoms with E-state index in [1.165, 1.54) is 17.2 Å². The first-order valence-corrected chi connectivity index (χ1v) is 10.7. The molecule has 3 rings (SSSR count). The zero-order chi connectivity index (χ0) is 24.4. The van der Waals surface area contributed by atoms with Gasteiger partial charge in [-0.15, -0.1) is 5.11 Å². The second kappa shape index (κ2) is 9.29. The molecule has 0 bridgehead atoms. The number of hydrogen-bond donors (Lipinski definition) is 1. The summed E-state index contributed by atoms with van der Waals surface area (Å²) in [4.78, 5) is 34.3. The van der Waals surface area contributed by atoms with Gasteiger partial charge in [0.1, 0.15) is 11.5 Å². The standard InChI is InChI=1S/C19H21F3N8O2S/c1-10-14(11-6-7-24-13(9-11)18(2,3)19(20,21)22)33-16(25-10)27-28-17(32)30-8-4-5-12(30)15(31)26-29-23/h6-7,9,12H,4-5,8H2,1-3H3,(H2,23,26,31)/t12-/m0/s1. The zero-order valence-corrected chi connectivity index (χ0v) is 18.8. The van der Waals surface area contributed by atoms with Crippen molar-refractivity contribution in [3.8, 4) is 10.4 Å². The molecule has 0 radical (unpaired) electrons. The highest BCUT2D eigenvalue weighted by atomic mass is 32.1. The predicted octanol–water partition coefficient (Wildman–Crippen LogP) is 4.87. The van der Waals surface area contributed by atoms with Crippen molar-refractivity contribution in [2.24, 2.45) is 26.4 Å². The maximum absolute atomic E-state index is 13.4. The van der Waals surface area contributed by atoms with Gasteiger partial charge in [-0.25, -0.2) is 9.78 Å². The number of carbonyl (C=O) groups excluding carboxylic acids is 2. The van der Waals surface area contributed by atoms with Crippen LogP contribution in [-0.4, -0.2) is 45.6 Å². The molecule has 1 aliphatic heterocycles. The molecule has 176 valence electrons. The van der Waals surface area contributed by atoms with E-state index < -0.39 is 29.6 Å². The highest BCUT2D eigenvalue weighted by Gasteiger charge is 2.49. The van der Waals surface area contributed by atoms with Gasteiger partial charge < -0.3 is 10.7 Å². The third-order valence-electron chi connectivity index (χ3n) is 5.32. The van der Waals surface area contributed by atoms with Crippen molar-refractivity contribution in [1.29, 1.82) is 0 Å². The van der Waals surface area contributed by atoms with E-state index in [2.05, 4.69) is 30.5 Å². The van der Waals surface area contributed by atoms with Gasteiger partial charge in [0.05, 0.1) is 16.3 Å². The normalized spacial score (nSPS) is 17.4. The fourth-order valence-electron chi connectivity index (χ4n) is 3.27. The Hall–Kier alpha value is -3.29. The number of urea groups is 1. The van der Waals surface area contributed by atoms with Gasteiger partial charge in [-0.1, -0.05) is 26.8 Å². The summed E-state index contributed by atoms with van der Waals surface area (Å²) in [5, 5.41) is 13.9. The fourth-order valence-corrected chi connectivity index (χ4v) is 4.16. The summed E-state index contributed by atoms with van der Waals surface area (Å²) in [6, 6.07) is 1.41. The first-order chi connectivity index (χ1) is 15.5. The van der Waals surface area contributed by atoms with Crippen LogP contribution < -0.4 is 5.84 Å². The number of likely N-dealkylation sites (tertiary alicyclic amines) is 1. The fraction of sp³-hybridized carbons (Fsp3) is 0.474. The van der Waals surface area contributed by atoms with E-state index in [9.17, 15) is 22.8 Å². The van der Waals surface area contributed by atoms with Crippen LogP contribution in [0.1, 0.15) is 38.1 Å². The number of alkyl halides is 3. The van der Waals surface area contributed by atoms with E-state index in [-0.39, 0.29) is 10.8 Å². The molecule has 0 aliphatic carbocycles. The zero-order valence-electron chi connectivity index (χ0n) is 18.0. The van der Waals surface area contributed by atoms with Crippen molar-refractivity contribution in [2.75, 3.05) is 6.54 Å². The summed E-state index contributed by atoms with van der Waals surface area (Å²) in [6.07, 6.45) is -2.15. The first kappa shape index (κ1) is 24.4. The molecule has 0 spiro atoms. The van der Waals surface area contributed by atoms with E-state index in [1.54, 1.807) is 13.0 Å². The molecule has 0 unspecified atom stereocenters. The lowest BCUT2D eigenvalue weighted by molar-refractivity contribution is -0.181. The monoisotopic (exact) mass is 482 g/mol.